The minimum absolute atomic E-state index is 0.760. The first-order valence-corrected chi connectivity index (χ1v) is 9.36. The summed E-state index contributed by atoms with van der Waals surface area (Å²) < 4.78 is 11.3. The van der Waals surface area contributed by atoms with E-state index >= 15 is 0 Å². The van der Waals surface area contributed by atoms with E-state index in [-0.39, 0.29) is 0 Å². The number of ether oxygens (including phenoxy) is 2. The van der Waals surface area contributed by atoms with E-state index in [0.29, 0.717) is 0 Å². The monoisotopic (exact) mass is 346 g/mol. The van der Waals surface area contributed by atoms with Gasteiger partial charge in [-0.05, 0) is 59.4 Å². The maximum atomic E-state index is 5.65. The van der Waals surface area contributed by atoms with Crippen LogP contribution < -0.4 is 9.47 Å². The Kier molecular flexibility index (Phi) is 6.32. The van der Waals surface area contributed by atoms with Crippen molar-refractivity contribution in [3.05, 3.63) is 72.8 Å². The van der Waals surface area contributed by atoms with Crippen LogP contribution in [0.5, 0.6) is 11.5 Å². The van der Waals surface area contributed by atoms with Crippen LogP contribution in [0.1, 0.15) is 26.7 Å². The summed E-state index contributed by atoms with van der Waals surface area (Å²) in [6.07, 6.45) is 2.05. The zero-order chi connectivity index (χ0) is 18.2. The Balaban J connectivity index is 1.69. The molecule has 0 amide bonds. The largest absolute Gasteiger partial charge is 0.494 e. The summed E-state index contributed by atoms with van der Waals surface area (Å²) in [4.78, 5) is 0. The molecular formula is C24H26O2. The van der Waals surface area contributed by atoms with Crippen molar-refractivity contribution in [2.24, 2.45) is 0 Å². The predicted molar refractivity (Wildman–Crippen MR) is 109 cm³/mol. The van der Waals surface area contributed by atoms with E-state index in [4.69, 9.17) is 9.47 Å². The van der Waals surface area contributed by atoms with Crippen LogP contribution in [-0.2, 0) is 0 Å². The highest BCUT2D eigenvalue weighted by molar-refractivity contribution is 5.71. The maximum absolute atomic E-state index is 5.65. The van der Waals surface area contributed by atoms with Gasteiger partial charge in [0, 0.05) is 0 Å². The summed E-state index contributed by atoms with van der Waals surface area (Å²) in [5.41, 5.74) is 4.81. The molecule has 2 heteroatoms. The van der Waals surface area contributed by atoms with E-state index in [1.54, 1.807) is 0 Å². The van der Waals surface area contributed by atoms with Crippen LogP contribution in [0.3, 0.4) is 0 Å². The highest BCUT2D eigenvalue weighted by atomic mass is 16.5. The first-order valence-electron chi connectivity index (χ1n) is 9.36. The van der Waals surface area contributed by atoms with Crippen molar-refractivity contribution in [3.63, 3.8) is 0 Å². The van der Waals surface area contributed by atoms with Gasteiger partial charge in [-0.3, -0.25) is 0 Å². The van der Waals surface area contributed by atoms with Gasteiger partial charge >= 0.3 is 0 Å². The summed E-state index contributed by atoms with van der Waals surface area (Å²) in [5.74, 6) is 1.86. The Morgan fingerprint density at radius 2 is 0.731 bits per heavy atom. The van der Waals surface area contributed by atoms with Crippen LogP contribution in [0.2, 0.25) is 0 Å². The van der Waals surface area contributed by atoms with Crippen LogP contribution in [0.25, 0.3) is 22.3 Å². The van der Waals surface area contributed by atoms with E-state index in [1.807, 2.05) is 24.3 Å². The first-order chi connectivity index (χ1) is 12.8. The molecule has 0 aliphatic rings. The Labute approximate surface area is 156 Å². The second-order valence-corrected chi connectivity index (χ2v) is 6.32. The Hall–Kier alpha value is -2.74. The minimum atomic E-state index is 0.760. The second kappa shape index (κ2) is 9.10. The summed E-state index contributed by atoms with van der Waals surface area (Å²) in [7, 11) is 0. The molecule has 2 nitrogen and oxygen atoms in total. The molecule has 0 unspecified atom stereocenters. The summed E-state index contributed by atoms with van der Waals surface area (Å²) >= 11 is 0. The molecule has 134 valence electrons. The summed E-state index contributed by atoms with van der Waals surface area (Å²) in [5, 5.41) is 0. The normalized spacial score (nSPS) is 10.5. The van der Waals surface area contributed by atoms with Gasteiger partial charge in [-0.25, -0.2) is 0 Å². The minimum Gasteiger partial charge on any atom is -0.494 e. The predicted octanol–water partition coefficient (Wildman–Crippen LogP) is 6.60. The van der Waals surface area contributed by atoms with Gasteiger partial charge in [0.25, 0.3) is 0 Å². The molecule has 0 saturated heterocycles. The van der Waals surface area contributed by atoms with Crippen molar-refractivity contribution in [2.45, 2.75) is 26.7 Å². The molecule has 0 radical (unpaired) electrons. The fourth-order valence-electron chi connectivity index (χ4n) is 2.78. The van der Waals surface area contributed by atoms with Crippen LogP contribution in [0, 0.1) is 0 Å². The molecule has 0 saturated carbocycles. The molecule has 0 atom stereocenters. The molecule has 0 aromatic heterocycles. The van der Waals surface area contributed by atoms with Crippen LogP contribution in [-0.4, -0.2) is 13.2 Å². The van der Waals surface area contributed by atoms with Crippen LogP contribution in [0.4, 0.5) is 0 Å². The highest BCUT2D eigenvalue weighted by Crippen LogP contribution is 2.27. The topological polar surface area (TPSA) is 18.5 Å². The molecule has 0 aliphatic heterocycles. The number of hydrogen-bond donors (Lipinski definition) is 0. The lowest BCUT2D eigenvalue weighted by atomic mass is 10.0. The van der Waals surface area contributed by atoms with Crippen molar-refractivity contribution in [1.29, 1.82) is 0 Å². The van der Waals surface area contributed by atoms with Crippen molar-refractivity contribution in [3.8, 4) is 33.8 Å². The molecule has 0 spiro atoms. The van der Waals surface area contributed by atoms with Crippen molar-refractivity contribution < 1.29 is 9.47 Å². The molecule has 0 N–H and O–H groups in total. The molecule has 0 fully saturated rings. The van der Waals surface area contributed by atoms with E-state index < -0.39 is 0 Å². The maximum Gasteiger partial charge on any atom is 0.119 e. The van der Waals surface area contributed by atoms with Crippen molar-refractivity contribution in [2.75, 3.05) is 13.2 Å². The average Bonchev–Trinajstić information content (AvgIpc) is 2.72. The van der Waals surface area contributed by atoms with Gasteiger partial charge < -0.3 is 9.47 Å². The van der Waals surface area contributed by atoms with Crippen LogP contribution >= 0.6 is 0 Å². The lowest BCUT2D eigenvalue weighted by molar-refractivity contribution is 0.317. The van der Waals surface area contributed by atoms with E-state index in [2.05, 4.69) is 62.4 Å². The Morgan fingerprint density at radius 1 is 0.462 bits per heavy atom. The third-order valence-electron chi connectivity index (χ3n) is 4.21. The lowest BCUT2D eigenvalue weighted by Crippen LogP contribution is -1.94. The number of hydrogen-bond acceptors (Lipinski definition) is 2. The Bertz CT molecular complexity index is 717. The SMILES string of the molecule is CCCOc1ccc(-c2ccc(-c3ccc(OCCC)cc3)cc2)cc1. The van der Waals surface area contributed by atoms with Gasteiger partial charge in [0.2, 0.25) is 0 Å². The van der Waals surface area contributed by atoms with Gasteiger partial charge in [-0.2, -0.15) is 0 Å². The summed E-state index contributed by atoms with van der Waals surface area (Å²) in [6, 6.07) is 25.2. The third-order valence-corrected chi connectivity index (χ3v) is 4.21. The van der Waals surface area contributed by atoms with Crippen molar-refractivity contribution >= 4 is 0 Å². The zero-order valence-corrected chi connectivity index (χ0v) is 15.6. The number of rotatable bonds is 8. The van der Waals surface area contributed by atoms with E-state index in [9.17, 15) is 0 Å². The zero-order valence-electron chi connectivity index (χ0n) is 15.6. The fraction of sp³-hybridized carbons (Fsp3) is 0.250. The van der Waals surface area contributed by atoms with Crippen molar-refractivity contribution in [1.82, 2.24) is 0 Å². The smallest absolute Gasteiger partial charge is 0.119 e. The number of benzene rings is 3. The van der Waals surface area contributed by atoms with E-state index in [0.717, 1.165) is 37.6 Å². The van der Waals surface area contributed by atoms with Gasteiger partial charge in [-0.1, -0.05) is 62.4 Å². The third kappa shape index (κ3) is 4.66. The summed E-state index contributed by atoms with van der Waals surface area (Å²) in [6.45, 7) is 5.75. The van der Waals surface area contributed by atoms with Gasteiger partial charge in [0.05, 0.1) is 13.2 Å². The van der Waals surface area contributed by atoms with Gasteiger partial charge in [-0.15, -0.1) is 0 Å². The van der Waals surface area contributed by atoms with E-state index in [1.165, 1.54) is 22.3 Å². The van der Waals surface area contributed by atoms with Crippen LogP contribution in [0.15, 0.2) is 72.8 Å². The molecule has 26 heavy (non-hydrogen) atoms. The molecule has 0 aliphatic carbocycles. The standard InChI is InChI=1S/C24H26O2/c1-3-17-25-23-13-9-21(10-14-23)19-5-7-20(8-6-19)22-11-15-24(16-12-22)26-18-4-2/h5-16H,3-4,17-18H2,1-2H3. The molecule has 0 bridgehead atoms. The highest BCUT2D eigenvalue weighted by Gasteiger charge is 2.02. The molecule has 3 aromatic rings. The quantitative estimate of drug-likeness (QED) is 0.457. The molecular weight excluding hydrogens is 320 g/mol. The molecule has 3 rings (SSSR count). The fourth-order valence-corrected chi connectivity index (χ4v) is 2.78. The lowest BCUT2D eigenvalue weighted by Gasteiger charge is -2.08. The first kappa shape index (κ1) is 18.1. The van der Waals surface area contributed by atoms with Gasteiger partial charge in [0.15, 0.2) is 0 Å². The molecule has 0 heterocycles. The average molecular weight is 346 g/mol. The Morgan fingerprint density at radius 3 is 1.00 bits per heavy atom. The van der Waals surface area contributed by atoms with Gasteiger partial charge in [0.1, 0.15) is 11.5 Å². The second-order valence-electron chi connectivity index (χ2n) is 6.32. The molecule has 3 aromatic carbocycles.